The molecular weight excluding hydrogens is 554 g/mol. The highest BCUT2D eigenvalue weighted by Gasteiger charge is 2.67. The van der Waals surface area contributed by atoms with E-state index in [2.05, 4.69) is 20.6 Å². The maximum absolute atomic E-state index is 13.0. The van der Waals surface area contributed by atoms with Gasteiger partial charge < -0.3 is 15.6 Å². The minimum atomic E-state index is -1.33. The van der Waals surface area contributed by atoms with Gasteiger partial charge in [0.05, 0.1) is 28.2 Å². The van der Waals surface area contributed by atoms with Crippen LogP contribution < -0.4 is 10.6 Å². The van der Waals surface area contributed by atoms with Crippen molar-refractivity contribution in [2.45, 2.75) is 10.3 Å². The number of hydrogen-bond acceptors (Lipinski definition) is 3. The number of H-pyrrole nitrogens is 1. The summed E-state index contributed by atoms with van der Waals surface area (Å²) in [5.74, 6) is -1.76. The molecule has 2 amide bonds. The number of carbonyl (C=O) groups is 2. The van der Waals surface area contributed by atoms with Gasteiger partial charge in [-0.25, -0.2) is 4.98 Å². The first kappa shape index (κ1) is 24.2. The smallest absolute Gasteiger partial charge is 0.258 e. The first-order valence-electron chi connectivity index (χ1n) is 10.3. The third-order valence-corrected chi connectivity index (χ3v) is 7.44. The summed E-state index contributed by atoms with van der Waals surface area (Å²) in [6, 6.07) is 13.1. The molecule has 3 N–H and O–H groups in total. The predicted molar refractivity (Wildman–Crippen MR) is 141 cm³/mol. The molecule has 11 heteroatoms. The zero-order valence-corrected chi connectivity index (χ0v) is 21.4. The van der Waals surface area contributed by atoms with E-state index in [0.29, 0.717) is 27.1 Å². The maximum Gasteiger partial charge on any atom is 0.258 e. The van der Waals surface area contributed by atoms with Crippen molar-refractivity contribution in [3.63, 3.8) is 0 Å². The Labute approximate surface area is 224 Å². The molecule has 1 fully saturated rings. The van der Waals surface area contributed by atoms with Crippen molar-refractivity contribution in [1.82, 2.24) is 9.97 Å². The molecule has 6 nitrogen and oxygen atoms in total. The predicted octanol–water partition coefficient (Wildman–Crippen LogP) is 7.30. The number of aromatic nitrogens is 2. The van der Waals surface area contributed by atoms with Gasteiger partial charge in [0.15, 0.2) is 0 Å². The van der Waals surface area contributed by atoms with Crippen LogP contribution in [0, 0.1) is 5.92 Å². The lowest BCUT2D eigenvalue weighted by molar-refractivity contribution is -0.117. The monoisotopic (exact) mass is 566 g/mol. The lowest BCUT2D eigenvalue weighted by Gasteiger charge is -2.10. The number of nitrogens with one attached hydrogen (secondary N) is 3. The minimum Gasteiger partial charge on any atom is -0.360 e. The highest BCUT2D eigenvalue weighted by atomic mass is 35.5. The fourth-order valence-electron chi connectivity index (χ4n) is 4.02. The molecule has 1 aliphatic rings. The number of fused-ring (bicyclic) bond motifs is 1. The fourth-order valence-corrected chi connectivity index (χ4v) is 5.60. The van der Waals surface area contributed by atoms with Crippen molar-refractivity contribution in [2.75, 3.05) is 10.6 Å². The van der Waals surface area contributed by atoms with E-state index in [-0.39, 0.29) is 10.6 Å². The van der Waals surface area contributed by atoms with Crippen LogP contribution in [0.2, 0.25) is 15.1 Å². The molecule has 1 aliphatic carbocycles. The summed E-state index contributed by atoms with van der Waals surface area (Å²) in [5, 5.41) is 7.43. The van der Waals surface area contributed by atoms with Gasteiger partial charge in [0.25, 0.3) is 5.91 Å². The molecule has 0 spiro atoms. The largest absolute Gasteiger partial charge is 0.360 e. The molecule has 0 unspecified atom stereocenters. The van der Waals surface area contributed by atoms with Gasteiger partial charge in [0.2, 0.25) is 5.91 Å². The number of hydrogen-bond donors (Lipinski definition) is 3. The molecular formula is C24H15Cl5N4O2. The Kier molecular flexibility index (Phi) is 6.36. The Morgan fingerprint density at radius 1 is 0.943 bits per heavy atom. The zero-order valence-electron chi connectivity index (χ0n) is 17.6. The number of amides is 2. The first-order chi connectivity index (χ1) is 16.6. The number of aromatic amines is 1. The van der Waals surface area contributed by atoms with Crippen molar-refractivity contribution >= 4 is 92.2 Å². The quantitative estimate of drug-likeness (QED) is 0.221. The fraction of sp³-hybridized carbons (Fsp3) is 0.125. The second kappa shape index (κ2) is 9.19. The number of halogens is 5. The van der Waals surface area contributed by atoms with Crippen molar-refractivity contribution in [3.05, 3.63) is 87.1 Å². The standard InChI is InChI=1S/C24H15Cl5N4O2/c25-13-5-12(6-14(26)8-13)20-21(24(20,28)29)23(35)32-15-1-2-17(27)16(9-15)22(34)33-19-7-11-3-4-30-18(11)10-31-19/h1-10,20-21,30H,(H,32,35)(H,31,33,34)/t20-,21+/m0/s1. The van der Waals surface area contributed by atoms with E-state index >= 15 is 0 Å². The van der Waals surface area contributed by atoms with Crippen molar-refractivity contribution in [1.29, 1.82) is 0 Å². The van der Waals surface area contributed by atoms with Crippen LogP contribution in [-0.2, 0) is 4.79 Å². The van der Waals surface area contributed by atoms with Crippen LogP contribution in [0.25, 0.3) is 10.9 Å². The molecule has 35 heavy (non-hydrogen) atoms. The maximum atomic E-state index is 13.0. The molecule has 2 atom stereocenters. The molecule has 0 saturated heterocycles. The number of benzene rings is 2. The zero-order chi connectivity index (χ0) is 24.9. The summed E-state index contributed by atoms with van der Waals surface area (Å²) in [6.07, 6.45) is 3.40. The lowest BCUT2D eigenvalue weighted by Crippen LogP contribution is -2.18. The summed E-state index contributed by atoms with van der Waals surface area (Å²) in [6.45, 7) is 0. The van der Waals surface area contributed by atoms with Gasteiger partial charge in [-0.1, -0.05) is 34.8 Å². The summed E-state index contributed by atoms with van der Waals surface area (Å²) in [4.78, 5) is 33.1. The number of nitrogens with zero attached hydrogens (tertiary/aromatic N) is 1. The Morgan fingerprint density at radius 3 is 2.43 bits per heavy atom. The average molecular weight is 569 g/mol. The van der Waals surface area contributed by atoms with Crippen LogP contribution in [0.5, 0.6) is 0 Å². The second-order valence-corrected chi connectivity index (χ2v) is 10.8. The third kappa shape index (κ3) is 4.82. The number of pyridine rings is 1. The van der Waals surface area contributed by atoms with E-state index in [1.807, 2.05) is 6.07 Å². The van der Waals surface area contributed by atoms with E-state index in [0.717, 1.165) is 10.9 Å². The lowest BCUT2D eigenvalue weighted by atomic mass is 10.1. The van der Waals surface area contributed by atoms with Crippen molar-refractivity contribution in [3.8, 4) is 0 Å². The SMILES string of the molecule is O=C(Nc1cc2cc[nH]c2cn1)c1cc(NC(=O)[C@H]2[C@H](c3cc(Cl)cc(Cl)c3)C2(Cl)Cl)ccc1Cl. The van der Waals surface area contributed by atoms with Gasteiger partial charge in [-0.05, 0) is 54.1 Å². The van der Waals surface area contributed by atoms with E-state index in [1.165, 1.54) is 12.1 Å². The molecule has 2 aromatic heterocycles. The summed E-state index contributed by atoms with van der Waals surface area (Å²) in [7, 11) is 0. The van der Waals surface area contributed by atoms with Crippen molar-refractivity contribution < 1.29 is 9.59 Å². The molecule has 4 aromatic rings. The number of carbonyl (C=O) groups excluding carboxylic acids is 2. The molecule has 2 aromatic carbocycles. The number of rotatable bonds is 5. The van der Waals surface area contributed by atoms with Gasteiger partial charge in [0, 0.05) is 33.2 Å². The van der Waals surface area contributed by atoms with Gasteiger partial charge >= 0.3 is 0 Å². The van der Waals surface area contributed by atoms with Crippen LogP contribution >= 0.6 is 58.0 Å². The summed E-state index contributed by atoms with van der Waals surface area (Å²) in [5.41, 5.74) is 2.03. The van der Waals surface area contributed by atoms with Crippen LogP contribution in [0.1, 0.15) is 21.8 Å². The number of alkyl halides is 2. The highest BCUT2D eigenvalue weighted by Crippen LogP contribution is 2.65. The molecule has 2 heterocycles. The topological polar surface area (TPSA) is 86.9 Å². The van der Waals surface area contributed by atoms with Crippen LogP contribution in [-0.4, -0.2) is 26.1 Å². The highest BCUT2D eigenvalue weighted by molar-refractivity contribution is 6.53. The van der Waals surface area contributed by atoms with E-state index in [9.17, 15) is 9.59 Å². The van der Waals surface area contributed by atoms with E-state index in [4.69, 9.17) is 58.0 Å². The minimum absolute atomic E-state index is 0.164. The Bertz CT molecular complexity index is 1470. The normalized spacial score (nSPS) is 18.3. The molecule has 0 aliphatic heterocycles. The van der Waals surface area contributed by atoms with E-state index in [1.54, 1.807) is 42.7 Å². The van der Waals surface area contributed by atoms with Crippen LogP contribution in [0.15, 0.2) is 60.9 Å². The molecule has 0 bridgehead atoms. The first-order valence-corrected chi connectivity index (χ1v) is 12.2. The van der Waals surface area contributed by atoms with Crippen LogP contribution in [0.4, 0.5) is 11.5 Å². The van der Waals surface area contributed by atoms with Gasteiger partial charge in [-0.3, -0.25) is 9.59 Å². The summed E-state index contributed by atoms with van der Waals surface area (Å²) < 4.78 is -1.33. The van der Waals surface area contributed by atoms with Crippen molar-refractivity contribution in [2.24, 2.45) is 5.92 Å². The molecule has 1 saturated carbocycles. The number of anilines is 2. The van der Waals surface area contributed by atoms with Gasteiger partial charge in [-0.2, -0.15) is 0 Å². The van der Waals surface area contributed by atoms with E-state index < -0.39 is 28.0 Å². The van der Waals surface area contributed by atoms with Crippen LogP contribution in [0.3, 0.4) is 0 Å². The molecule has 5 rings (SSSR count). The average Bonchev–Trinajstić information content (AvgIpc) is 3.11. The Morgan fingerprint density at radius 2 is 1.69 bits per heavy atom. The Hall–Kier alpha value is -2.48. The van der Waals surface area contributed by atoms with Gasteiger partial charge in [0.1, 0.15) is 10.2 Å². The Balaban J connectivity index is 1.33. The molecule has 178 valence electrons. The second-order valence-electron chi connectivity index (χ2n) is 8.11. The summed E-state index contributed by atoms with van der Waals surface area (Å²) >= 11 is 31.3. The third-order valence-electron chi connectivity index (χ3n) is 5.74. The van der Waals surface area contributed by atoms with Gasteiger partial charge in [-0.15, -0.1) is 23.2 Å². The molecule has 0 radical (unpaired) electrons.